The summed E-state index contributed by atoms with van der Waals surface area (Å²) in [5.74, 6) is 1.06. The Kier molecular flexibility index (Phi) is 10.4. The van der Waals surface area contributed by atoms with Crippen LogP contribution < -0.4 is 10.6 Å². The Labute approximate surface area is 224 Å². The summed E-state index contributed by atoms with van der Waals surface area (Å²) in [5, 5.41) is 19.0. The van der Waals surface area contributed by atoms with E-state index < -0.39 is 6.23 Å². The van der Waals surface area contributed by atoms with Crippen LogP contribution in [0.3, 0.4) is 0 Å². The zero-order chi connectivity index (χ0) is 25.4. The van der Waals surface area contributed by atoms with Crippen molar-refractivity contribution in [2.45, 2.75) is 63.6 Å². The van der Waals surface area contributed by atoms with Crippen LogP contribution in [0, 0.1) is 0 Å². The molecule has 3 aromatic carbocycles. The lowest BCUT2D eigenvalue weighted by Crippen LogP contribution is -2.28. The van der Waals surface area contributed by atoms with Crippen molar-refractivity contribution < 1.29 is 5.11 Å². The van der Waals surface area contributed by atoms with Crippen LogP contribution in [0.5, 0.6) is 0 Å². The van der Waals surface area contributed by atoms with E-state index in [1.54, 1.807) is 6.07 Å². The minimum Gasteiger partial charge on any atom is -0.384 e. The van der Waals surface area contributed by atoms with Crippen molar-refractivity contribution in [3.8, 4) is 0 Å². The molecule has 0 saturated heterocycles. The molecule has 0 fully saturated rings. The van der Waals surface area contributed by atoms with E-state index in [-0.39, 0.29) is 5.41 Å². The summed E-state index contributed by atoms with van der Waals surface area (Å²) in [6.07, 6.45) is 1.23. The van der Waals surface area contributed by atoms with E-state index in [0.717, 1.165) is 47.5 Å². The minimum absolute atomic E-state index is 0.184. The highest BCUT2D eigenvalue weighted by atomic mass is 35.5. The normalized spacial score (nSPS) is 12.5. The quantitative estimate of drug-likeness (QED) is 0.163. The van der Waals surface area contributed by atoms with E-state index >= 15 is 0 Å². The number of aliphatic hydroxyl groups is 1. The molecule has 0 aromatic heterocycles. The Morgan fingerprint density at radius 1 is 0.971 bits per heavy atom. The summed E-state index contributed by atoms with van der Waals surface area (Å²) in [7, 11) is 0. The number of aryl methyl sites for hydroxylation is 1. The molecule has 1 unspecified atom stereocenters. The Bertz CT molecular complexity index is 1100. The molecule has 6 heteroatoms. The first kappa shape index (κ1) is 27.9. The van der Waals surface area contributed by atoms with Gasteiger partial charge < -0.3 is 10.4 Å². The molecule has 3 N–H and O–H groups in total. The van der Waals surface area contributed by atoms with Crippen molar-refractivity contribution in [1.29, 1.82) is 0 Å². The lowest BCUT2D eigenvalue weighted by atomic mass is 9.84. The molecule has 3 rings (SSSR count). The van der Waals surface area contributed by atoms with Gasteiger partial charge in [0, 0.05) is 39.1 Å². The van der Waals surface area contributed by atoms with Crippen LogP contribution in [0.2, 0.25) is 10.0 Å². The number of halogens is 2. The maximum atomic E-state index is 10.8. The van der Waals surface area contributed by atoms with Gasteiger partial charge in [-0.3, -0.25) is 5.32 Å². The molecule has 0 aliphatic heterocycles. The summed E-state index contributed by atoms with van der Waals surface area (Å²) in [6.45, 7) is 9.99. The summed E-state index contributed by atoms with van der Waals surface area (Å²) < 4.78 is 0. The molecular formula is C29H36Cl2N2OS. The van der Waals surface area contributed by atoms with Crippen LogP contribution >= 0.6 is 35.0 Å². The average Bonchev–Trinajstić information content (AvgIpc) is 2.82. The SMILES string of the molecule is CCCc1cc(C(O)NCc2ccc(SCC)cc2)ccc1NCC(C)(C)c1ccc(Cl)cc1Cl. The van der Waals surface area contributed by atoms with Gasteiger partial charge in [0.2, 0.25) is 0 Å². The summed E-state index contributed by atoms with van der Waals surface area (Å²) >= 11 is 14.4. The van der Waals surface area contributed by atoms with Crippen molar-refractivity contribution >= 4 is 40.7 Å². The number of hydrogen-bond acceptors (Lipinski definition) is 4. The van der Waals surface area contributed by atoms with Crippen molar-refractivity contribution in [3.05, 3.63) is 93.0 Å². The van der Waals surface area contributed by atoms with Crippen LogP contribution in [0.4, 0.5) is 5.69 Å². The number of anilines is 1. The molecule has 1 atom stereocenters. The third kappa shape index (κ3) is 7.90. The third-order valence-corrected chi connectivity index (χ3v) is 7.52. The minimum atomic E-state index is -0.728. The molecule has 0 bridgehead atoms. The lowest BCUT2D eigenvalue weighted by Gasteiger charge is -2.28. The third-order valence-electron chi connectivity index (χ3n) is 6.08. The second-order valence-corrected chi connectivity index (χ2v) is 11.6. The number of rotatable bonds is 12. The van der Waals surface area contributed by atoms with Gasteiger partial charge in [-0.25, -0.2) is 0 Å². The molecule has 3 nitrogen and oxygen atoms in total. The highest BCUT2D eigenvalue weighted by Crippen LogP contribution is 2.33. The van der Waals surface area contributed by atoms with Gasteiger partial charge in [0.15, 0.2) is 0 Å². The fraction of sp³-hybridized carbons (Fsp3) is 0.379. The van der Waals surface area contributed by atoms with Gasteiger partial charge in [-0.2, -0.15) is 0 Å². The van der Waals surface area contributed by atoms with Gasteiger partial charge in [-0.05, 0) is 70.8 Å². The molecule has 0 aliphatic rings. The van der Waals surface area contributed by atoms with Crippen molar-refractivity contribution in [2.75, 3.05) is 17.6 Å². The number of benzene rings is 3. The van der Waals surface area contributed by atoms with Crippen LogP contribution in [0.15, 0.2) is 65.6 Å². The van der Waals surface area contributed by atoms with Gasteiger partial charge in [0.25, 0.3) is 0 Å². The topological polar surface area (TPSA) is 44.3 Å². The number of nitrogens with one attached hydrogen (secondary N) is 2. The van der Waals surface area contributed by atoms with Gasteiger partial charge in [-0.1, -0.05) is 81.6 Å². The predicted molar refractivity (Wildman–Crippen MR) is 153 cm³/mol. The summed E-state index contributed by atoms with van der Waals surface area (Å²) in [4.78, 5) is 1.27. The van der Waals surface area contributed by atoms with Crippen LogP contribution in [0.1, 0.15) is 62.6 Å². The Hall–Kier alpha value is -1.69. The molecule has 0 saturated carbocycles. The fourth-order valence-electron chi connectivity index (χ4n) is 4.08. The van der Waals surface area contributed by atoms with Gasteiger partial charge in [-0.15, -0.1) is 11.8 Å². The maximum Gasteiger partial charge on any atom is 0.131 e. The van der Waals surface area contributed by atoms with Crippen LogP contribution in [-0.2, 0) is 18.4 Å². The van der Waals surface area contributed by atoms with Crippen molar-refractivity contribution in [1.82, 2.24) is 5.32 Å². The van der Waals surface area contributed by atoms with Crippen LogP contribution in [0.25, 0.3) is 0 Å². The standard InChI is InChI=1S/C29H36Cl2N2OS/c1-5-7-21-16-22(28(34)32-18-20-8-12-24(13-9-20)35-6-2)10-15-27(21)33-19-29(3,4)25-14-11-23(30)17-26(25)31/h8-17,28,32-34H,5-7,18-19H2,1-4H3. The zero-order valence-corrected chi connectivity index (χ0v) is 23.3. The molecule has 3 aromatic rings. The molecule has 188 valence electrons. The first-order chi connectivity index (χ1) is 16.7. The molecule has 0 aliphatic carbocycles. The zero-order valence-electron chi connectivity index (χ0n) is 21.0. The monoisotopic (exact) mass is 530 g/mol. The van der Waals surface area contributed by atoms with Crippen molar-refractivity contribution in [2.24, 2.45) is 0 Å². The van der Waals surface area contributed by atoms with E-state index in [0.29, 0.717) is 16.6 Å². The first-order valence-electron chi connectivity index (χ1n) is 12.2. The lowest BCUT2D eigenvalue weighted by molar-refractivity contribution is 0.137. The second-order valence-electron chi connectivity index (χ2n) is 9.39. The predicted octanol–water partition coefficient (Wildman–Crippen LogP) is 8.23. The first-order valence-corrected chi connectivity index (χ1v) is 13.9. The van der Waals surface area contributed by atoms with E-state index in [9.17, 15) is 5.11 Å². The molecule has 0 heterocycles. The Morgan fingerprint density at radius 3 is 2.37 bits per heavy atom. The number of hydrogen-bond donors (Lipinski definition) is 3. The highest BCUT2D eigenvalue weighted by molar-refractivity contribution is 7.99. The summed E-state index contributed by atoms with van der Waals surface area (Å²) in [6, 6.07) is 20.3. The highest BCUT2D eigenvalue weighted by Gasteiger charge is 2.24. The Balaban J connectivity index is 1.67. The fourth-order valence-corrected chi connectivity index (χ4v) is 5.41. The number of aliphatic hydroxyl groups excluding tert-OH is 1. The van der Waals surface area contributed by atoms with Gasteiger partial charge in [0.05, 0.1) is 0 Å². The largest absolute Gasteiger partial charge is 0.384 e. The van der Waals surface area contributed by atoms with Crippen LogP contribution in [-0.4, -0.2) is 17.4 Å². The van der Waals surface area contributed by atoms with Crippen molar-refractivity contribution in [3.63, 3.8) is 0 Å². The molecule has 0 spiro atoms. The second kappa shape index (κ2) is 13.0. The smallest absolute Gasteiger partial charge is 0.131 e. The molecule has 0 radical (unpaired) electrons. The molecule has 35 heavy (non-hydrogen) atoms. The Morgan fingerprint density at radius 2 is 1.71 bits per heavy atom. The van der Waals surface area contributed by atoms with Gasteiger partial charge in [0.1, 0.15) is 6.23 Å². The number of thioether (sulfide) groups is 1. The van der Waals surface area contributed by atoms with E-state index in [1.807, 2.05) is 30.0 Å². The van der Waals surface area contributed by atoms with E-state index in [4.69, 9.17) is 23.2 Å². The van der Waals surface area contributed by atoms with Gasteiger partial charge >= 0.3 is 0 Å². The maximum absolute atomic E-state index is 10.8. The van der Waals surface area contributed by atoms with E-state index in [1.165, 1.54) is 10.5 Å². The summed E-state index contributed by atoms with van der Waals surface area (Å²) in [5.41, 5.74) is 5.19. The molecular weight excluding hydrogens is 495 g/mol. The molecule has 0 amide bonds. The average molecular weight is 532 g/mol. The van der Waals surface area contributed by atoms with E-state index in [2.05, 4.69) is 74.7 Å².